The van der Waals surface area contributed by atoms with Crippen LogP contribution in [0.5, 0.6) is 0 Å². The molecule has 4 saturated carbocycles. The lowest BCUT2D eigenvalue weighted by atomic mass is 9.44. The number of fused-ring (bicyclic) bond motifs is 7. The molecule has 0 radical (unpaired) electrons. The van der Waals surface area contributed by atoms with Gasteiger partial charge in [0.05, 0.1) is 38.1 Å². The maximum Gasteiger partial charge on any atom is 0.187 e. The van der Waals surface area contributed by atoms with Gasteiger partial charge in [0.2, 0.25) is 0 Å². The van der Waals surface area contributed by atoms with Gasteiger partial charge in [-0.15, -0.1) is 0 Å². The zero-order valence-corrected chi connectivity index (χ0v) is 31.7. The van der Waals surface area contributed by atoms with Crippen LogP contribution >= 0.6 is 0 Å². The van der Waals surface area contributed by atoms with Gasteiger partial charge in [-0.1, -0.05) is 20.8 Å². The molecule has 8 aliphatic rings. The third-order valence-electron chi connectivity index (χ3n) is 16.3. The Hall–Kier alpha value is -0.600. The molecule has 15 heteroatoms. The van der Waals surface area contributed by atoms with E-state index in [1.54, 1.807) is 0 Å². The van der Waals surface area contributed by atoms with Crippen LogP contribution in [0.1, 0.15) is 78.6 Å². The van der Waals surface area contributed by atoms with Gasteiger partial charge < -0.3 is 74.4 Å². The minimum Gasteiger partial charge on any atom is -0.396 e. The fraction of sp³-hybridized carbons (Fsp3) is 1.00. The molecule has 0 amide bonds. The van der Waals surface area contributed by atoms with Crippen molar-refractivity contribution >= 4 is 0 Å². The minimum absolute atomic E-state index is 0.107. The molecule has 0 aromatic heterocycles. The van der Waals surface area contributed by atoms with Crippen molar-refractivity contribution in [3.8, 4) is 0 Å². The van der Waals surface area contributed by atoms with Crippen LogP contribution in [0.25, 0.3) is 0 Å². The standard InChI is InChI=1S/C39H64O15/c1-17-28-25(54-39(17)9-6-18(13-40)16-49-39)11-22-20-5-4-19-10-24(23(43)12-38(19,3)21(20)7-8-37(22,28)2)50-35-33(48)31(46)34(27(15-42)52-35)53-36-32(47)30(45)29(44)26(14-41)51-36/h17-36,40-48H,4-16H2,1-3H3/t17-,18-,19+,20-,21+,22+,23-,24-,25+,26-,27-,28+,29-,30+,31-,32-,33-,34-,35-,36+,37+,38+,39-/m1/s1. The highest BCUT2D eigenvalue weighted by molar-refractivity contribution is 5.16. The van der Waals surface area contributed by atoms with Gasteiger partial charge in [0.15, 0.2) is 18.4 Å². The number of hydrogen-bond donors (Lipinski definition) is 9. The molecule has 0 aromatic carbocycles. The van der Waals surface area contributed by atoms with E-state index in [4.69, 9.17) is 28.4 Å². The molecule has 4 aliphatic carbocycles. The zero-order valence-electron chi connectivity index (χ0n) is 31.7. The first-order valence-electron chi connectivity index (χ1n) is 20.5. The van der Waals surface area contributed by atoms with Gasteiger partial charge in [-0.05, 0) is 91.8 Å². The molecule has 9 N–H and O–H groups in total. The molecular formula is C39H64O15. The van der Waals surface area contributed by atoms with E-state index >= 15 is 0 Å². The van der Waals surface area contributed by atoms with E-state index in [1.165, 1.54) is 0 Å². The second-order valence-corrected chi connectivity index (χ2v) is 18.8. The predicted octanol–water partition coefficient (Wildman–Crippen LogP) is -0.615. The Balaban J connectivity index is 0.907. The molecule has 54 heavy (non-hydrogen) atoms. The number of aliphatic hydroxyl groups is 9. The van der Waals surface area contributed by atoms with Crippen LogP contribution in [0.4, 0.5) is 0 Å². The Morgan fingerprint density at radius 2 is 1.39 bits per heavy atom. The first kappa shape index (κ1) is 40.2. The molecular weight excluding hydrogens is 708 g/mol. The van der Waals surface area contributed by atoms with E-state index in [0.717, 1.165) is 44.9 Å². The Morgan fingerprint density at radius 3 is 2.07 bits per heavy atom. The number of ether oxygens (including phenoxy) is 6. The topological polar surface area (TPSA) is 237 Å². The number of hydrogen-bond acceptors (Lipinski definition) is 15. The Labute approximate surface area is 316 Å². The molecule has 4 aliphatic heterocycles. The van der Waals surface area contributed by atoms with Crippen LogP contribution in [-0.4, -0.2) is 158 Å². The average Bonchev–Trinajstić information content (AvgIpc) is 3.60. The highest BCUT2D eigenvalue weighted by Crippen LogP contribution is 2.71. The Kier molecular flexibility index (Phi) is 11.1. The van der Waals surface area contributed by atoms with Crippen molar-refractivity contribution in [2.45, 2.75) is 164 Å². The summed E-state index contributed by atoms with van der Waals surface area (Å²) in [5.74, 6) is 2.13. The van der Waals surface area contributed by atoms with Gasteiger partial charge in [0.1, 0.15) is 48.8 Å². The zero-order chi connectivity index (χ0) is 38.5. The quantitative estimate of drug-likeness (QED) is 0.147. The van der Waals surface area contributed by atoms with Gasteiger partial charge in [-0.3, -0.25) is 0 Å². The Morgan fingerprint density at radius 1 is 0.685 bits per heavy atom. The molecule has 0 bridgehead atoms. The molecule has 8 rings (SSSR count). The molecule has 0 unspecified atom stereocenters. The summed E-state index contributed by atoms with van der Waals surface area (Å²) < 4.78 is 36.6. The van der Waals surface area contributed by atoms with Crippen LogP contribution in [0, 0.1) is 52.3 Å². The van der Waals surface area contributed by atoms with E-state index < -0.39 is 92.6 Å². The van der Waals surface area contributed by atoms with Crippen LogP contribution in [0.3, 0.4) is 0 Å². The maximum atomic E-state index is 11.7. The summed E-state index contributed by atoms with van der Waals surface area (Å²) in [7, 11) is 0. The van der Waals surface area contributed by atoms with Crippen molar-refractivity contribution in [3.05, 3.63) is 0 Å². The number of aliphatic hydroxyl groups excluding tert-OH is 9. The van der Waals surface area contributed by atoms with E-state index in [9.17, 15) is 46.0 Å². The molecule has 1 spiro atoms. The third-order valence-corrected chi connectivity index (χ3v) is 16.3. The van der Waals surface area contributed by atoms with Gasteiger partial charge >= 0.3 is 0 Å². The SMILES string of the molecule is C[C@@H]1[C@H]2[C@H](C[C@H]3[C@@H]4CC[C@H]5C[C@@H](O[C@@H]6O[C@H](CO)[C@@H](O[C@@H]7O[C@H](CO)[C@@H](O)[C@H](O)[C@H]7O)[C@H](O)[C@H]6O)[C@H](O)C[C@]5(C)[C@H]4CC[C@]23C)O[C@]12CC[C@H](CO)CO2. The fourth-order valence-corrected chi connectivity index (χ4v) is 13.3. The number of rotatable bonds is 7. The highest BCUT2D eigenvalue weighted by Gasteiger charge is 2.69. The van der Waals surface area contributed by atoms with E-state index in [-0.39, 0.29) is 41.3 Å². The average molecular weight is 773 g/mol. The molecule has 4 saturated heterocycles. The van der Waals surface area contributed by atoms with Crippen LogP contribution in [0.2, 0.25) is 0 Å². The lowest BCUT2D eigenvalue weighted by molar-refractivity contribution is -0.366. The van der Waals surface area contributed by atoms with Crippen molar-refractivity contribution in [3.63, 3.8) is 0 Å². The molecule has 8 fully saturated rings. The highest BCUT2D eigenvalue weighted by atomic mass is 16.7. The van der Waals surface area contributed by atoms with Crippen LogP contribution in [0.15, 0.2) is 0 Å². The second-order valence-electron chi connectivity index (χ2n) is 18.8. The summed E-state index contributed by atoms with van der Waals surface area (Å²) in [5, 5.41) is 94.2. The lowest BCUT2D eigenvalue weighted by Crippen LogP contribution is -2.65. The summed E-state index contributed by atoms with van der Waals surface area (Å²) in [6.07, 6.45) is -8.57. The largest absolute Gasteiger partial charge is 0.396 e. The van der Waals surface area contributed by atoms with Crippen molar-refractivity contribution < 1.29 is 74.4 Å². The fourth-order valence-electron chi connectivity index (χ4n) is 13.3. The smallest absolute Gasteiger partial charge is 0.187 e. The predicted molar refractivity (Wildman–Crippen MR) is 186 cm³/mol. The second kappa shape index (κ2) is 14.9. The maximum absolute atomic E-state index is 11.7. The minimum atomic E-state index is -1.75. The monoisotopic (exact) mass is 772 g/mol. The van der Waals surface area contributed by atoms with E-state index in [0.29, 0.717) is 43.1 Å². The molecule has 4 heterocycles. The third kappa shape index (κ3) is 6.26. The Bertz CT molecular complexity index is 1310. The molecule has 23 atom stereocenters. The molecule has 310 valence electrons. The van der Waals surface area contributed by atoms with Crippen molar-refractivity contribution in [1.29, 1.82) is 0 Å². The van der Waals surface area contributed by atoms with Crippen molar-refractivity contribution in [2.24, 2.45) is 52.3 Å². The van der Waals surface area contributed by atoms with Crippen molar-refractivity contribution in [1.82, 2.24) is 0 Å². The summed E-state index contributed by atoms with van der Waals surface area (Å²) in [4.78, 5) is 0. The van der Waals surface area contributed by atoms with E-state index in [2.05, 4.69) is 20.8 Å². The first-order chi connectivity index (χ1) is 25.7. The van der Waals surface area contributed by atoms with Crippen LogP contribution < -0.4 is 0 Å². The van der Waals surface area contributed by atoms with Crippen molar-refractivity contribution in [2.75, 3.05) is 26.4 Å². The van der Waals surface area contributed by atoms with Gasteiger partial charge in [-0.2, -0.15) is 0 Å². The first-order valence-corrected chi connectivity index (χ1v) is 20.5. The van der Waals surface area contributed by atoms with E-state index in [1.807, 2.05) is 0 Å². The van der Waals surface area contributed by atoms with Crippen LogP contribution in [-0.2, 0) is 28.4 Å². The molecule has 0 aromatic rings. The molecule has 15 nitrogen and oxygen atoms in total. The van der Waals surface area contributed by atoms with Gasteiger partial charge in [-0.25, -0.2) is 0 Å². The lowest BCUT2D eigenvalue weighted by Gasteiger charge is -2.62. The normalized spacial score (nSPS) is 58.7. The summed E-state index contributed by atoms with van der Waals surface area (Å²) in [6, 6.07) is 0. The van der Waals surface area contributed by atoms with Gasteiger partial charge in [0, 0.05) is 24.9 Å². The summed E-state index contributed by atoms with van der Waals surface area (Å²) in [5.41, 5.74) is 0.0429. The summed E-state index contributed by atoms with van der Waals surface area (Å²) >= 11 is 0. The summed E-state index contributed by atoms with van der Waals surface area (Å²) in [6.45, 7) is 6.51. The van der Waals surface area contributed by atoms with Gasteiger partial charge in [0.25, 0.3) is 0 Å².